The Labute approximate surface area is 89.6 Å². The summed E-state index contributed by atoms with van der Waals surface area (Å²) in [7, 11) is 3.41. The van der Waals surface area contributed by atoms with Crippen molar-refractivity contribution in [3.63, 3.8) is 0 Å². The van der Waals surface area contributed by atoms with Crippen LogP contribution in [0.25, 0.3) is 0 Å². The van der Waals surface area contributed by atoms with E-state index < -0.39 is 6.10 Å². The number of carbonyl (C=O) groups is 1. The molecule has 0 fully saturated rings. The van der Waals surface area contributed by atoms with Crippen molar-refractivity contribution < 1.29 is 9.90 Å². The van der Waals surface area contributed by atoms with Crippen LogP contribution < -0.4 is 0 Å². The van der Waals surface area contributed by atoms with Gasteiger partial charge < -0.3 is 10.0 Å². The van der Waals surface area contributed by atoms with E-state index in [2.05, 4.69) is 6.58 Å². The second-order valence-electron chi connectivity index (χ2n) is 3.50. The first-order valence-electron chi connectivity index (χ1n) is 4.68. The topological polar surface area (TPSA) is 40.5 Å². The maximum absolute atomic E-state index is 11.5. The summed E-state index contributed by atoms with van der Waals surface area (Å²) in [6, 6.07) is 6.85. The van der Waals surface area contributed by atoms with Crippen LogP contribution in [0.5, 0.6) is 0 Å². The third-order valence-corrected chi connectivity index (χ3v) is 2.13. The summed E-state index contributed by atoms with van der Waals surface area (Å²) in [5, 5.41) is 9.45. The van der Waals surface area contributed by atoms with Gasteiger partial charge in [-0.15, -0.1) is 6.58 Å². The molecule has 0 bridgehead atoms. The van der Waals surface area contributed by atoms with Crippen molar-refractivity contribution in [1.29, 1.82) is 0 Å². The summed E-state index contributed by atoms with van der Waals surface area (Å²) in [6.07, 6.45) is 0.775. The van der Waals surface area contributed by atoms with Gasteiger partial charge in [-0.1, -0.05) is 18.2 Å². The predicted octanol–water partition coefficient (Wildman–Crippen LogP) is 1.61. The number of hydrogen-bond donors (Lipinski definition) is 1. The summed E-state index contributed by atoms with van der Waals surface area (Å²) in [5.41, 5.74) is 1.35. The summed E-state index contributed by atoms with van der Waals surface area (Å²) in [5.74, 6) is -0.0466. The van der Waals surface area contributed by atoms with E-state index in [1.807, 2.05) is 0 Å². The number of aliphatic hydroxyl groups is 1. The largest absolute Gasteiger partial charge is 0.384 e. The van der Waals surface area contributed by atoms with Gasteiger partial charge in [0, 0.05) is 19.7 Å². The zero-order chi connectivity index (χ0) is 11.4. The predicted molar refractivity (Wildman–Crippen MR) is 59.6 cm³/mol. The van der Waals surface area contributed by atoms with Crippen LogP contribution in [0.2, 0.25) is 0 Å². The van der Waals surface area contributed by atoms with Gasteiger partial charge in [0.15, 0.2) is 0 Å². The molecule has 1 aromatic carbocycles. The number of carbonyl (C=O) groups excluding carboxylic acids is 1. The Kier molecular flexibility index (Phi) is 3.63. The molecule has 1 unspecified atom stereocenters. The first kappa shape index (κ1) is 11.5. The number of aliphatic hydroxyl groups excluding tert-OH is 1. The van der Waals surface area contributed by atoms with E-state index in [1.165, 1.54) is 11.0 Å². The minimum Gasteiger partial charge on any atom is -0.384 e. The third-order valence-electron chi connectivity index (χ3n) is 2.13. The molecule has 0 aromatic heterocycles. The van der Waals surface area contributed by atoms with Gasteiger partial charge in [-0.25, -0.2) is 0 Å². The fourth-order valence-corrected chi connectivity index (χ4v) is 1.22. The molecule has 3 heteroatoms. The fraction of sp³-hybridized carbons (Fsp3) is 0.250. The highest BCUT2D eigenvalue weighted by Gasteiger charge is 2.08. The Morgan fingerprint density at radius 3 is 2.33 bits per heavy atom. The number of hydrogen-bond acceptors (Lipinski definition) is 2. The van der Waals surface area contributed by atoms with Crippen LogP contribution in [-0.2, 0) is 0 Å². The van der Waals surface area contributed by atoms with E-state index in [9.17, 15) is 9.90 Å². The Hall–Kier alpha value is -1.61. The highest BCUT2D eigenvalue weighted by atomic mass is 16.3. The van der Waals surface area contributed by atoms with Crippen LogP contribution in [0.1, 0.15) is 22.0 Å². The lowest BCUT2D eigenvalue weighted by Crippen LogP contribution is -2.21. The Morgan fingerprint density at radius 2 is 1.93 bits per heavy atom. The molecule has 1 aromatic rings. The molecule has 3 nitrogen and oxygen atoms in total. The van der Waals surface area contributed by atoms with Gasteiger partial charge in [-0.2, -0.15) is 0 Å². The van der Waals surface area contributed by atoms with Crippen molar-refractivity contribution >= 4 is 5.91 Å². The van der Waals surface area contributed by atoms with Crippen LogP contribution in [-0.4, -0.2) is 30.0 Å². The van der Waals surface area contributed by atoms with E-state index >= 15 is 0 Å². The van der Waals surface area contributed by atoms with Gasteiger partial charge in [-0.05, 0) is 17.7 Å². The average molecular weight is 205 g/mol. The van der Waals surface area contributed by atoms with E-state index in [-0.39, 0.29) is 5.91 Å². The van der Waals surface area contributed by atoms with Gasteiger partial charge >= 0.3 is 0 Å². The van der Waals surface area contributed by atoms with Gasteiger partial charge in [0.05, 0.1) is 6.10 Å². The molecule has 0 aliphatic rings. The molecule has 0 saturated heterocycles. The first-order chi connectivity index (χ1) is 7.06. The molecule has 15 heavy (non-hydrogen) atoms. The maximum Gasteiger partial charge on any atom is 0.253 e. The van der Waals surface area contributed by atoms with E-state index in [0.717, 1.165) is 5.56 Å². The van der Waals surface area contributed by atoms with E-state index in [4.69, 9.17) is 0 Å². The standard InChI is InChI=1S/C12H15NO2/c1-4-11(14)9-5-7-10(8-6-9)12(15)13(2)3/h4-8,11,14H,1H2,2-3H3. The minimum absolute atomic E-state index is 0.0466. The molecule has 0 heterocycles. The summed E-state index contributed by atoms with van der Waals surface area (Å²) in [4.78, 5) is 13.1. The van der Waals surface area contributed by atoms with Gasteiger partial charge in [-0.3, -0.25) is 4.79 Å². The number of nitrogens with zero attached hydrogens (tertiary/aromatic N) is 1. The lowest BCUT2D eigenvalue weighted by Gasteiger charge is -2.11. The summed E-state index contributed by atoms with van der Waals surface area (Å²) in [6.45, 7) is 3.50. The fourth-order valence-electron chi connectivity index (χ4n) is 1.22. The molecule has 0 radical (unpaired) electrons. The molecule has 0 aliphatic carbocycles. The Morgan fingerprint density at radius 1 is 1.40 bits per heavy atom. The summed E-state index contributed by atoms with van der Waals surface area (Å²) >= 11 is 0. The van der Waals surface area contributed by atoms with Crippen molar-refractivity contribution in [2.24, 2.45) is 0 Å². The molecular weight excluding hydrogens is 190 g/mol. The highest BCUT2D eigenvalue weighted by molar-refractivity contribution is 5.93. The zero-order valence-corrected chi connectivity index (χ0v) is 8.97. The monoisotopic (exact) mass is 205 g/mol. The second kappa shape index (κ2) is 4.75. The zero-order valence-electron chi connectivity index (χ0n) is 8.97. The van der Waals surface area contributed by atoms with Crippen molar-refractivity contribution in [3.8, 4) is 0 Å². The van der Waals surface area contributed by atoms with E-state index in [1.54, 1.807) is 38.4 Å². The van der Waals surface area contributed by atoms with Gasteiger partial charge in [0.2, 0.25) is 0 Å². The van der Waals surface area contributed by atoms with Gasteiger partial charge in [0.25, 0.3) is 5.91 Å². The van der Waals surface area contributed by atoms with Crippen LogP contribution in [0.4, 0.5) is 0 Å². The summed E-state index contributed by atoms with van der Waals surface area (Å²) < 4.78 is 0. The van der Waals surface area contributed by atoms with Crippen LogP contribution in [0.3, 0.4) is 0 Å². The number of rotatable bonds is 3. The van der Waals surface area contributed by atoms with Gasteiger partial charge in [0.1, 0.15) is 0 Å². The second-order valence-corrected chi connectivity index (χ2v) is 3.50. The van der Waals surface area contributed by atoms with Crippen molar-refractivity contribution in [2.75, 3.05) is 14.1 Å². The third kappa shape index (κ3) is 2.67. The highest BCUT2D eigenvalue weighted by Crippen LogP contribution is 2.14. The Bertz CT molecular complexity index is 354. The van der Waals surface area contributed by atoms with E-state index in [0.29, 0.717) is 5.56 Å². The van der Waals surface area contributed by atoms with Crippen LogP contribution in [0, 0.1) is 0 Å². The quantitative estimate of drug-likeness (QED) is 0.761. The molecule has 80 valence electrons. The first-order valence-corrected chi connectivity index (χ1v) is 4.68. The van der Waals surface area contributed by atoms with Crippen molar-refractivity contribution in [1.82, 2.24) is 4.90 Å². The van der Waals surface area contributed by atoms with Crippen molar-refractivity contribution in [3.05, 3.63) is 48.0 Å². The SMILES string of the molecule is C=CC(O)c1ccc(C(=O)N(C)C)cc1. The molecule has 1 N–H and O–H groups in total. The lowest BCUT2D eigenvalue weighted by molar-refractivity contribution is 0.0827. The molecule has 0 spiro atoms. The molecule has 1 amide bonds. The smallest absolute Gasteiger partial charge is 0.253 e. The number of benzene rings is 1. The van der Waals surface area contributed by atoms with Crippen LogP contribution in [0.15, 0.2) is 36.9 Å². The normalized spacial score (nSPS) is 11.9. The van der Waals surface area contributed by atoms with Crippen LogP contribution >= 0.6 is 0 Å². The average Bonchev–Trinajstić information content (AvgIpc) is 2.27. The molecule has 0 saturated carbocycles. The maximum atomic E-state index is 11.5. The Balaban J connectivity index is 2.90. The van der Waals surface area contributed by atoms with Crippen molar-refractivity contribution in [2.45, 2.75) is 6.10 Å². The molecular formula is C12H15NO2. The molecule has 0 aliphatic heterocycles. The molecule has 1 atom stereocenters. The molecule has 1 rings (SSSR count). The lowest BCUT2D eigenvalue weighted by atomic mass is 10.1. The number of amides is 1. The minimum atomic E-state index is -0.673.